The maximum Gasteiger partial charge on any atom is 0.287 e. The minimum absolute atomic E-state index is 0.0531. The van der Waals surface area contributed by atoms with Crippen LogP contribution in [-0.4, -0.2) is 38.3 Å². The monoisotopic (exact) mass is 470 g/mol. The molecule has 0 N–H and O–H groups in total. The van der Waals surface area contributed by atoms with Crippen LogP contribution in [0, 0.1) is 17.0 Å². The summed E-state index contributed by atoms with van der Waals surface area (Å²) >= 11 is 4.73. The second kappa shape index (κ2) is 9.56. The molecular weight excluding hydrogens is 452 g/mol. The number of benzene rings is 2. The summed E-state index contributed by atoms with van der Waals surface area (Å²) in [6, 6.07) is 6.66. The van der Waals surface area contributed by atoms with Crippen LogP contribution in [0.15, 0.2) is 28.7 Å². The Kier molecular flexibility index (Phi) is 7.41. The van der Waals surface area contributed by atoms with Crippen molar-refractivity contribution < 1.29 is 23.9 Å². The van der Waals surface area contributed by atoms with E-state index in [1.54, 1.807) is 25.6 Å². The average molecular weight is 471 g/mol. The number of aromatic nitrogens is 1. The van der Waals surface area contributed by atoms with E-state index in [2.05, 4.69) is 20.9 Å². The van der Waals surface area contributed by atoms with Crippen LogP contribution in [0.25, 0.3) is 10.2 Å². The van der Waals surface area contributed by atoms with Gasteiger partial charge >= 0.3 is 0 Å². The fraction of sp³-hybridized carbons (Fsp3) is 0.278. The SMILES string of the molecule is COc1cc(Br)c([N+](=O)[O-])cc1OC.COc1cc2nc(C)sc2cc1OC. The summed E-state index contributed by atoms with van der Waals surface area (Å²) in [7, 11) is 6.16. The molecule has 0 radical (unpaired) electrons. The van der Waals surface area contributed by atoms with E-state index in [4.69, 9.17) is 18.9 Å². The van der Waals surface area contributed by atoms with Crippen LogP contribution in [0.4, 0.5) is 5.69 Å². The third-order valence-corrected chi connectivity index (χ3v) is 5.22. The zero-order chi connectivity index (χ0) is 20.8. The van der Waals surface area contributed by atoms with Gasteiger partial charge in [0.15, 0.2) is 23.0 Å². The van der Waals surface area contributed by atoms with Crippen molar-refractivity contribution in [1.82, 2.24) is 4.98 Å². The molecule has 0 aliphatic carbocycles. The number of aryl methyl sites for hydroxylation is 1. The maximum absolute atomic E-state index is 10.6. The Morgan fingerprint density at radius 3 is 1.96 bits per heavy atom. The summed E-state index contributed by atoms with van der Waals surface area (Å²) in [6.45, 7) is 1.99. The molecule has 0 fully saturated rings. The fourth-order valence-corrected chi connectivity index (χ4v) is 3.66. The summed E-state index contributed by atoms with van der Waals surface area (Å²) < 4.78 is 21.8. The molecule has 0 atom stereocenters. The Balaban J connectivity index is 0.000000200. The van der Waals surface area contributed by atoms with Crippen LogP contribution in [0.5, 0.6) is 23.0 Å². The molecule has 8 nitrogen and oxygen atoms in total. The Morgan fingerprint density at radius 2 is 1.43 bits per heavy atom. The average Bonchev–Trinajstić information content (AvgIpc) is 3.05. The Bertz CT molecular complexity index is 951. The standard InChI is InChI=1S/C10H11NO2S.C8H8BrNO4/c1-6-11-7-4-8(12-2)9(13-3)5-10(7)14-6;1-13-7-3-5(9)6(10(11)12)4-8(7)14-2/h4-5H,1-3H3;3-4H,1-2H3. The number of nitro groups is 1. The van der Waals surface area contributed by atoms with E-state index in [1.165, 1.54) is 26.4 Å². The largest absolute Gasteiger partial charge is 0.493 e. The van der Waals surface area contributed by atoms with Crippen molar-refractivity contribution in [1.29, 1.82) is 0 Å². The molecule has 1 heterocycles. The van der Waals surface area contributed by atoms with Crippen molar-refractivity contribution in [2.75, 3.05) is 28.4 Å². The third kappa shape index (κ3) is 4.82. The van der Waals surface area contributed by atoms with Gasteiger partial charge in [-0.1, -0.05) is 0 Å². The number of hydrogen-bond acceptors (Lipinski definition) is 8. The highest BCUT2D eigenvalue weighted by atomic mass is 79.9. The first kappa shape index (κ1) is 21.7. The number of methoxy groups -OCH3 is 4. The molecule has 2 aromatic carbocycles. The summed E-state index contributed by atoms with van der Waals surface area (Å²) in [4.78, 5) is 14.5. The zero-order valence-corrected chi connectivity index (χ0v) is 18.3. The summed E-state index contributed by atoms with van der Waals surface area (Å²) in [6.07, 6.45) is 0. The van der Waals surface area contributed by atoms with Crippen LogP contribution in [0.3, 0.4) is 0 Å². The van der Waals surface area contributed by atoms with Gasteiger partial charge in [-0.05, 0) is 22.9 Å². The molecule has 0 spiro atoms. The third-order valence-electron chi connectivity index (χ3n) is 3.65. The van der Waals surface area contributed by atoms with Gasteiger partial charge in [0.05, 0.1) is 59.1 Å². The second-order valence-corrected chi connectivity index (χ2v) is 7.41. The van der Waals surface area contributed by atoms with Gasteiger partial charge in [-0.15, -0.1) is 11.3 Å². The molecule has 0 saturated heterocycles. The number of halogens is 1. The molecule has 0 saturated carbocycles. The summed E-state index contributed by atoms with van der Waals surface area (Å²) in [5.41, 5.74) is 0.910. The van der Waals surface area contributed by atoms with E-state index in [0.717, 1.165) is 26.7 Å². The number of thiazole rings is 1. The van der Waals surface area contributed by atoms with Crippen molar-refractivity contribution in [3.63, 3.8) is 0 Å². The number of hydrogen-bond donors (Lipinski definition) is 0. The lowest BCUT2D eigenvalue weighted by molar-refractivity contribution is -0.385. The lowest BCUT2D eigenvalue weighted by Gasteiger charge is -2.07. The quantitative estimate of drug-likeness (QED) is 0.382. The Hall–Kier alpha value is -2.59. The maximum atomic E-state index is 10.6. The van der Waals surface area contributed by atoms with E-state index in [1.807, 2.05) is 19.1 Å². The molecule has 0 aliphatic rings. The Morgan fingerprint density at radius 1 is 0.929 bits per heavy atom. The molecule has 3 rings (SSSR count). The van der Waals surface area contributed by atoms with Crippen LogP contribution in [0.2, 0.25) is 0 Å². The van der Waals surface area contributed by atoms with Crippen molar-refractivity contribution in [2.45, 2.75) is 6.92 Å². The first-order valence-corrected chi connectivity index (χ1v) is 9.50. The molecule has 28 heavy (non-hydrogen) atoms. The van der Waals surface area contributed by atoms with Crippen molar-refractivity contribution >= 4 is 43.2 Å². The molecule has 3 aromatic rings. The van der Waals surface area contributed by atoms with E-state index < -0.39 is 4.92 Å². The van der Waals surface area contributed by atoms with E-state index in [0.29, 0.717) is 16.0 Å². The van der Waals surface area contributed by atoms with E-state index >= 15 is 0 Å². The first-order valence-electron chi connectivity index (χ1n) is 7.89. The molecular formula is C18H19BrN2O6S. The van der Waals surface area contributed by atoms with Gasteiger partial charge < -0.3 is 18.9 Å². The minimum Gasteiger partial charge on any atom is -0.493 e. The van der Waals surface area contributed by atoms with Crippen molar-refractivity contribution in [2.24, 2.45) is 0 Å². The highest BCUT2D eigenvalue weighted by Gasteiger charge is 2.17. The van der Waals surface area contributed by atoms with Crippen LogP contribution < -0.4 is 18.9 Å². The summed E-state index contributed by atoms with van der Waals surface area (Å²) in [5, 5.41) is 11.6. The van der Waals surface area contributed by atoms with E-state index in [-0.39, 0.29) is 5.69 Å². The molecule has 0 bridgehead atoms. The number of ether oxygens (including phenoxy) is 4. The number of nitro benzene ring substituents is 1. The summed E-state index contributed by atoms with van der Waals surface area (Å²) in [5.74, 6) is 2.27. The van der Waals surface area contributed by atoms with Crippen LogP contribution in [-0.2, 0) is 0 Å². The molecule has 10 heteroatoms. The number of fused-ring (bicyclic) bond motifs is 1. The molecule has 1 aromatic heterocycles. The molecule has 0 unspecified atom stereocenters. The minimum atomic E-state index is -0.494. The van der Waals surface area contributed by atoms with E-state index in [9.17, 15) is 10.1 Å². The van der Waals surface area contributed by atoms with Crippen molar-refractivity contribution in [3.8, 4) is 23.0 Å². The molecule has 0 amide bonds. The van der Waals surface area contributed by atoms with Crippen LogP contribution in [0.1, 0.15) is 5.01 Å². The van der Waals surface area contributed by atoms with Gasteiger partial charge in [0.1, 0.15) is 0 Å². The van der Waals surface area contributed by atoms with Crippen molar-refractivity contribution in [3.05, 3.63) is 43.9 Å². The van der Waals surface area contributed by atoms with Crippen LogP contribution >= 0.6 is 27.3 Å². The second-order valence-electron chi connectivity index (χ2n) is 5.32. The lowest BCUT2D eigenvalue weighted by Crippen LogP contribution is -1.94. The molecule has 150 valence electrons. The topological polar surface area (TPSA) is 93.0 Å². The normalized spacial score (nSPS) is 10.1. The van der Waals surface area contributed by atoms with Gasteiger partial charge in [0, 0.05) is 18.2 Å². The Labute approximate surface area is 174 Å². The predicted molar refractivity (Wildman–Crippen MR) is 111 cm³/mol. The van der Waals surface area contributed by atoms with Gasteiger partial charge in [-0.3, -0.25) is 10.1 Å². The van der Waals surface area contributed by atoms with Gasteiger partial charge in [0.25, 0.3) is 5.69 Å². The smallest absolute Gasteiger partial charge is 0.287 e. The van der Waals surface area contributed by atoms with Gasteiger partial charge in [-0.25, -0.2) is 4.98 Å². The zero-order valence-electron chi connectivity index (χ0n) is 15.9. The highest BCUT2D eigenvalue weighted by Crippen LogP contribution is 2.37. The predicted octanol–water partition coefficient (Wildman–Crippen LogP) is 5.00. The fourth-order valence-electron chi connectivity index (χ4n) is 2.35. The first-order chi connectivity index (χ1) is 13.3. The van der Waals surface area contributed by atoms with Gasteiger partial charge in [0.2, 0.25) is 0 Å². The number of rotatable bonds is 5. The highest BCUT2D eigenvalue weighted by molar-refractivity contribution is 9.10. The van der Waals surface area contributed by atoms with Gasteiger partial charge in [-0.2, -0.15) is 0 Å². The molecule has 0 aliphatic heterocycles. The number of nitrogens with zero attached hydrogens (tertiary/aromatic N) is 2. The lowest BCUT2D eigenvalue weighted by atomic mass is 10.3.